The highest BCUT2D eigenvalue weighted by atomic mass is 32.2. The van der Waals surface area contributed by atoms with Crippen molar-refractivity contribution in [3.63, 3.8) is 0 Å². The summed E-state index contributed by atoms with van der Waals surface area (Å²) in [6, 6.07) is 8.63. The molecule has 0 fully saturated rings. The molecule has 0 aromatic heterocycles. The van der Waals surface area contributed by atoms with E-state index in [-0.39, 0.29) is 4.90 Å². The number of aryl methyl sites for hydroxylation is 2. The van der Waals surface area contributed by atoms with E-state index in [4.69, 9.17) is 0 Å². The van der Waals surface area contributed by atoms with Gasteiger partial charge < -0.3 is 4.55 Å². The van der Waals surface area contributed by atoms with Crippen LogP contribution in [0.4, 0.5) is 0 Å². The third-order valence-electron chi connectivity index (χ3n) is 3.61. The Labute approximate surface area is 106 Å². The first kappa shape index (κ1) is 11.7. The summed E-state index contributed by atoms with van der Waals surface area (Å²) < 4.78 is 33.0. The molecule has 0 radical (unpaired) electrons. The first-order valence-corrected chi connectivity index (χ1v) is 7.47. The van der Waals surface area contributed by atoms with Crippen LogP contribution in [0.2, 0.25) is 0 Å². The van der Waals surface area contributed by atoms with E-state index in [0.717, 1.165) is 23.6 Å². The van der Waals surface area contributed by atoms with Gasteiger partial charge in [0.15, 0.2) is 0 Å². The fourth-order valence-electron chi connectivity index (χ4n) is 2.72. The van der Waals surface area contributed by atoms with E-state index >= 15 is 0 Å². The summed E-state index contributed by atoms with van der Waals surface area (Å²) in [5.41, 5.74) is 2.67. The molecule has 0 heterocycles. The molecule has 0 spiro atoms. The molecule has 3 rings (SSSR count). The van der Waals surface area contributed by atoms with E-state index in [0.29, 0.717) is 0 Å². The molecule has 0 unspecified atom stereocenters. The van der Waals surface area contributed by atoms with Gasteiger partial charge >= 0.3 is 0 Å². The van der Waals surface area contributed by atoms with Crippen molar-refractivity contribution < 1.29 is 13.0 Å². The van der Waals surface area contributed by atoms with Gasteiger partial charge in [0.25, 0.3) is 0 Å². The third kappa shape index (κ3) is 1.91. The predicted molar refractivity (Wildman–Crippen MR) is 68.6 cm³/mol. The molecule has 4 heteroatoms. The summed E-state index contributed by atoms with van der Waals surface area (Å²) in [6.07, 6.45) is 4.52. The molecule has 1 aliphatic carbocycles. The molecule has 0 saturated heterocycles. The molecular weight excluding hydrogens is 248 g/mol. The average Bonchev–Trinajstić information content (AvgIpc) is 2.37. The lowest BCUT2D eigenvalue weighted by molar-refractivity contribution is 0.463. The Morgan fingerprint density at radius 2 is 1.78 bits per heavy atom. The average molecular weight is 261 g/mol. The van der Waals surface area contributed by atoms with Crippen molar-refractivity contribution in [2.75, 3.05) is 0 Å². The SMILES string of the molecule is O=S(=O)([O-])c1ccc2c3c(ccc2c1)CCCC3. The quantitative estimate of drug-likeness (QED) is 0.741. The first-order chi connectivity index (χ1) is 8.55. The maximum Gasteiger partial charge on any atom is 0.124 e. The summed E-state index contributed by atoms with van der Waals surface area (Å²) in [5.74, 6) is 0. The Hall–Kier alpha value is -1.39. The minimum absolute atomic E-state index is 0.147. The lowest BCUT2D eigenvalue weighted by Crippen LogP contribution is -2.04. The number of fused-ring (bicyclic) bond motifs is 3. The fourth-order valence-corrected chi connectivity index (χ4v) is 3.23. The van der Waals surface area contributed by atoms with Gasteiger partial charge in [-0.2, -0.15) is 0 Å². The Morgan fingerprint density at radius 3 is 2.56 bits per heavy atom. The van der Waals surface area contributed by atoms with Crippen molar-refractivity contribution in [1.29, 1.82) is 0 Å². The Balaban J connectivity index is 2.26. The van der Waals surface area contributed by atoms with Crippen LogP contribution in [0.3, 0.4) is 0 Å². The third-order valence-corrected chi connectivity index (χ3v) is 4.44. The summed E-state index contributed by atoms with van der Waals surface area (Å²) >= 11 is 0. The van der Waals surface area contributed by atoms with E-state index < -0.39 is 10.1 Å². The normalized spacial score (nSPS) is 15.6. The zero-order valence-corrected chi connectivity index (χ0v) is 10.7. The molecule has 3 nitrogen and oxygen atoms in total. The van der Waals surface area contributed by atoms with Gasteiger partial charge in [-0.05, 0) is 59.7 Å². The topological polar surface area (TPSA) is 57.2 Å². The number of benzene rings is 2. The standard InChI is InChI=1S/C14H14O3S/c15-18(16,17)12-7-8-14-11(9-12)6-5-10-3-1-2-4-13(10)14/h5-9H,1-4H2,(H,15,16,17)/p-1. The van der Waals surface area contributed by atoms with Crippen LogP contribution in [0, 0.1) is 0 Å². The molecule has 0 aliphatic heterocycles. The van der Waals surface area contributed by atoms with Crippen LogP contribution >= 0.6 is 0 Å². The lowest BCUT2D eigenvalue weighted by Gasteiger charge is -2.18. The van der Waals surface area contributed by atoms with Crippen LogP contribution in [0.15, 0.2) is 35.2 Å². The van der Waals surface area contributed by atoms with E-state index in [1.54, 1.807) is 6.07 Å². The zero-order valence-electron chi connectivity index (χ0n) is 9.85. The summed E-state index contributed by atoms with van der Waals surface area (Å²) in [7, 11) is -4.37. The molecule has 0 saturated carbocycles. The monoisotopic (exact) mass is 261 g/mol. The summed E-state index contributed by atoms with van der Waals surface area (Å²) in [6.45, 7) is 0. The smallest absolute Gasteiger partial charge is 0.124 e. The van der Waals surface area contributed by atoms with Crippen LogP contribution in [0.1, 0.15) is 24.0 Å². The van der Waals surface area contributed by atoms with Gasteiger partial charge in [0, 0.05) is 0 Å². The van der Waals surface area contributed by atoms with E-state index in [9.17, 15) is 13.0 Å². The van der Waals surface area contributed by atoms with Crippen molar-refractivity contribution in [1.82, 2.24) is 0 Å². The van der Waals surface area contributed by atoms with E-state index in [1.165, 1.54) is 36.1 Å². The van der Waals surface area contributed by atoms with Gasteiger partial charge in [-0.25, -0.2) is 8.42 Å². The van der Waals surface area contributed by atoms with Gasteiger partial charge in [0.1, 0.15) is 10.1 Å². The molecule has 2 aromatic carbocycles. The summed E-state index contributed by atoms with van der Waals surface area (Å²) in [4.78, 5) is -0.147. The largest absolute Gasteiger partial charge is 0.744 e. The highest BCUT2D eigenvalue weighted by Gasteiger charge is 2.13. The van der Waals surface area contributed by atoms with Gasteiger partial charge in [0.2, 0.25) is 0 Å². The van der Waals surface area contributed by atoms with E-state index in [1.807, 2.05) is 6.07 Å². The molecule has 18 heavy (non-hydrogen) atoms. The first-order valence-electron chi connectivity index (χ1n) is 6.06. The van der Waals surface area contributed by atoms with Gasteiger partial charge in [-0.1, -0.05) is 18.2 Å². The minimum atomic E-state index is -4.37. The fraction of sp³-hybridized carbons (Fsp3) is 0.286. The maximum atomic E-state index is 11.0. The van der Waals surface area contributed by atoms with Crippen LogP contribution < -0.4 is 0 Å². The number of rotatable bonds is 1. The van der Waals surface area contributed by atoms with Crippen molar-refractivity contribution in [3.05, 3.63) is 41.5 Å². The number of hydrogen-bond donors (Lipinski definition) is 0. The van der Waals surface area contributed by atoms with Crippen molar-refractivity contribution in [2.45, 2.75) is 30.6 Å². The van der Waals surface area contributed by atoms with Crippen LogP contribution in [-0.4, -0.2) is 13.0 Å². The van der Waals surface area contributed by atoms with Crippen molar-refractivity contribution >= 4 is 20.9 Å². The second-order valence-electron chi connectivity index (χ2n) is 4.75. The van der Waals surface area contributed by atoms with Crippen LogP contribution in [0.25, 0.3) is 10.8 Å². The van der Waals surface area contributed by atoms with Gasteiger partial charge in [0.05, 0.1) is 4.90 Å². The molecule has 94 valence electrons. The van der Waals surface area contributed by atoms with Crippen molar-refractivity contribution in [2.24, 2.45) is 0 Å². The molecule has 0 atom stereocenters. The molecule has 0 bridgehead atoms. The Morgan fingerprint density at radius 1 is 1.00 bits per heavy atom. The maximum absolute atomic E-state index is 11.0. The molecule has 1 aliphatic rings. The van der Waals surface area contributed by atoms with Gasteiger partial charge in [-0.15, -0.1) is 0 Å². The van der Waals surface area contributed by atoms with Crippen molar-refractivity contribution in [3.8, 4) is 0 Å². The van der Waals surface area contributed by atoms with Crippen LogP contribution in [0.5, 0.6) is 0 Å². The lowest BCUT2D eigenvalue weighted by atomic mass is 9.88. The van der Waals surface area contributed by atoms with Gasteiger partial charge in [-0.3, -0.25) is 0 Å². The molecule has 2 aromatic rings. The highest BCUT2D eigenvalue weighted by Crippen LogP contribution is 2.30. The molecule has 0 N–H and O–H groups in total. The molecule has 0 amide bonds. The Bertz CT molecular complexity index is 717. The molecular formula is C14H13O3S-. The predicted octanol–water partition coefficient (Wildman–Crippen LogP) is 2.62. The Kier molecular flexibility index (Phi) is 2.64. The number of hydrogen-bond acceptors (Lipinski definition) is 3. The van der Waals surface area contributed by atoms with Crippen LogP contribution in [-0.2, 0) is 23.0 Å². The minimum Gasteiger partial charge on any atom is -0.744 e. The zero-order chi connectivity index (χ0) is 12.8. The second kappa shape index (κ2) is 4.07. The highest BCUT2D eigenvalue weighted by molar-refractivity contribution is 7.85. The summed E-state index contributed by atoms with van der Waals surface area (Å²) in [5, 5.41) is 1.92. The second-order valence-corrected chi connectivity index (χ2v) is 6.13. The van der Waals surface area contributed by atoms with E-state index in [2.05, 4.69) is 6.07 Å².